The number of hydrogen-bond donors (Lipinski definition) is 1. The van der Waals surface area contributed by atoms with Crippen LogP contribution in [0.5, 0.6) is 11.5 Å². The van der Waals surface area contributed by atoms with E-state index in [0.717, 1.165) is 4.47 Å². The predicted molar refractivity (Wildman–Crippen MR) is 95.5 cm³/mol. The third-order valence-electron chi connectivity index (χ3n) is 3.37. The molecule has 0 radical (unpaired) electrons. The molecule has 7 heteroatoms. The third-order valence-corrected chi connectivity index (χ3v) is 3.90. The molecule has 2 aromatic rings. The van der Waals surface area contributed by atoms with Crippen LogP contribution in [0.25, 0.3) is 0 Å². The summed E-state index contributed by atoms with van der Waals surface area (Å²) in [7, 11) is 2.79. The molecular weight excluding hydrogens is 390 g/mol. The second-order valence-corrected chi connectivity index (χ2v) is 5.93. The van der Waals surface area contributed by atoms with Crippen LogP contribution in [0.1, 0.15) is 11.6 Å². The van der Waals surface area contributed by atoms with Gasteiger partial charge >= 0.3 is 5.97 Å². The zero-order chi connectivity index (χ0) is 18.2. The van der Waals surface area contributed by atoms with Gasteiger partial charge in [-0.2, -0.15) is 0 Å². The minimum Gasteiger partial charge on any atom is -0.493 e. The monoisotopic (exact) mass is 407 g/mol. The highest BCUT2D eigenvalue weighted by Crippen LogP contribution is 2.25. The first-order valence-corrected chi connectivity index (χ1v) is 8.23. The molecule has 0 spiro atoms. The van der Waals surface area contributed by atoms with Crippen LogP contribution in [0.15, 0.2) is 53.0 Å². The number of halogens is 1. The summed E-state index contributed by atoms with van der Waals surface area (Å²) in [6.45, 7) is -0.260. The molecule has 25 heavy (non-hydrogen) atoms. The van der Waals surface area contributed by atoms with Crippen molar-refractivity contribution in [2.24, 2.45) is 0 Å². The Labute approximate surface area is 154 Å². The lowest BCUT2D eigenvalue weighted by Crippen LogP contribution is -2.37. The highest BCUT2D eigenvalue weighted by Gasteiger charge is 2.23. The predicted octanol–water partition coefficient (Wildman–Crippen LogP) is 2.87. The first-order valence-electron chi connectivity index (χ1n) is 7.43. The molecule has 0 aliphatic heterocycles. The molecule has 2 aromatic carbocycles. The van der Waals surface area contributed by atoms with Gasteiger partial charge < -0.3 is 19.5 Å². The summed E-state index contributed by atoms with van der Waals surface area (Å²) in [5.41, 5.74) is 0.612. The number of amides is 1. The van der Waals surface area contributed by atoms with Crippen molar-refractivity contribution in [2.45, 2.75) is 6.04 Å². The zero-order valence-electron chi connectivity index (χ0n) is 13.8. The Kier molecular flexibility index (Phi) is 6.82. The largest absolute Gasteiger partial charge is 0.493 e. The molecule has 0 aliphatic carbocycles. The molecule has 0 saturated carbocycles. The zero-order valence-corrected chi connectivity index (χ0v) is 15.4. The van der Waals surface area contributed by atoms with Crippen molar-refractivity contribution in [1.29, 1.82) is 0 Å². The Morgan fingerprint density at radius 1 is 1.04 bits per heavy atom. The van der Waals surface area contributed by atoms with Crippen molar-refractivity contribution < 1.29 is 23.8 Å². The summed E-state index contributed by atoms with van der Waals surface area (Å²) in [5.74, 6) is -0.0525. The van der Waals surface area contributed by atoms with Gasteiger partial charge in [0.2, 0.25) is 0 Å². The first-order chi connectivity index (χ1) is 12.0. The van der Waals surface area contributed by atoms with Crippen LogP contribution >= 0.6 is 15.9 Å². The maximum atomic E-state index is 12.2. The van der Waals surface area contributed by atoms with Crippen molar-refractivity contribution in [3.05, 3.63) is 58.6 Å². The van der Waals surface area contributed by atoms with Gasteiger partial charge in [0.05, 0.1) is 14.2 Å². The van der Waals surface area contributed by atoms with Gasteiger partial charge in [-0.1, -0.05) is 40.2 Å². The number of esters is 1. The van der Waals surface area contributed by atoms with Crippen molar-refractivity contribution in [3.63, 3.8) is 0 Å². The second-order valence-electron chi connectivity index (χ2n) is 5.01. The van der Waals surface area contributed by atoms with Gasteiger partial charge in [0.15, 0.2) is 24.1 Å². The maximum Gasteiger partial charge on any atom is 0.333 e. The first kappa shape index (κ1) is 18.8. The van der Waals surface area contributed by atoms with E-state index in [9.17, 15) is 9.59 Å². The van der Waals surface area contributed by atoms with E-state index in [1.807, 2.05) is 0 Å². The van der Waals surface area contributed by atoms with Gasteiger partial charge in [-0.25, -0.2) is 4.79 Å². The molecule has 132 valence electrons. The van der Waals surface area contributed by atoms with Crippen LogP contribution in [0.3, 0.4) is 0 Å². The molecular formula is C18H18BrNO5. The van der Waals surface area contributed by atoms with Gasteiger partial charge in [-0.3, -0.25) is 4.79 Å². The van der Waals surface area contributed by atoms with E-state index in [1.165, 1.54) is 14.2 Å². The summed E-state index contributed by atoms with van der Waals surface area (Å²) in [6, 6.07) is 13.1. The Bertz CT molecular complexity index is 733. The molecule has 0 fully saturated rings. The number of carbonyl (C=O) groups is 2. The Hall–Kier alpha value is -2.54. The lowest BCUT2D eigenvalue weighted by Gasteiger charge is -2.17. The third kappa shape index (κ3) is 5.22. The number of ether oxygens (including phenoxy) is 3. The molecule has 0 aliphatic rings. The van der Waals surface area contributed by atoms with Crippen LogP contribution in [-0.2, 0) is 14.3 Å². The molecule has 1 amide bonds. The molecule has 6 nitrogen and oxygen atoms in total. The fraction of sp³-hybridized carbons (Fsp3) is 0.222. The molecule has 1 unspecified atom stereocenters. The lowest BCUT2D eigenvalue weighted by atomic mass is 10.1. The molecule has 0 saturated heterocycles. The number of carbonyl (C=O) groups excluding carboxylic acids is 2. The highest BCUT2D eigenvalue weighted by molar-refractivity contribution is 9.10. The number of methoxy groups -OCH3 is 2. The van der Waals surface area contributed by atoms with Gasteiger partial charge in [-0.05, 0) is 29.8 Å². The molecule has 2 rings (SSSR count). The fourth-order valence-electron chi connectivity index (χ4n) is 2.14. The maximum absolute atomic E-state index is 12.2. The SMILES string of the molecule is COC(=O)C(NC(=O)COc1ccccc1OC)c1ccc(Br)cc1. The minimum absolute atomic E-state index is 0.260. The Morgan fingerprint density at radius 3 is 2.28 bits per heavy atom. The van der Waals surface area contributed by atoms with E-state index in [2.05, 4.69) is 21.2 Å². The second kappa shape index (κ2) is 9.08. The quantitative estimate of drug-likeness (QED) is 0.714. The van der Waals surface area contributed by atoms with Crippen LogP contribution in [0, 0.1) is 0 Å². The average molecular weight is 408 g/mol. The van der Waals surface area contributed by atoms with E-state index < -0.39 is 17.9 Å². The molecule has 1 N–H and O–H groups in total. The van der Waals surface area contributed by atoms with Crippen molar-refractivity contribution in [3.8, 4) is 11.5 Å². The number of para-hydroxylation sites is 2. The van der Waals surface area contributed by atoms with E-state index >= 15 is 0 Å². The summed E-state index contributed by atoms with van der Waals surface area (Å²) in [6.07, 6.45) is 0. The Balaban J connectivity index is 2.04. The van der Waals surface area contributed by atoms with Crippen molar-refractivity contribution in [1.82, 2.24) is 5.32 Å². The van der Waals surface area contributed by atoms with Gasteiger partial charge in [0.25, 0.3) is 5.91 Å². The van der Waals surface area contributed by atoms with Crippen molar-refractivity contribution in [2.75, 3.05) is 20.8 Å². The smallest absolute Gasteiger partial charge is 0.333 e. The molecule has 0 heterocycles. The summed E-state index contributed by atoms with van der Waals surface area (Å²) in [4.78, 5) is 24.2. The minimum atomic E-state index is -0.910. The van der Waals surface area contributed by atoms with Gasteiger partial charge in [0, 0.05) is 4.47 Å². The fourth-order valence-corrected chi connectivity index (χ4v) is 2.40. The standard InChI is InChI=1S/C18H18BrNO5/c1-23-14-5-3-4-6-15(14)25-11-16(21)20-17(18(22)24-2)12-7-9-13(19)10-8-12/h3-10,17H,11H2,1-2H3,(H,20,21). The van der Waals surface area contributed by atoms with E-state index in [1.54, 1.807) is 48.5 Å². The number of nitrogens with one attached hydrogen (secondary N) is 1. The molecule has 0 bridgehead atoms. The number of rotatable bonds is 7. The topological polar surface area (TPSA) is 73.9 Å². The summed E-state index contributed by atoms with van der Waals surface area (Å²) < 4.78 is 16.3. The molecule has 0 aromatic heterocycles. The number of hydrogen-bond acceptors (Lipinski definition) is 5. The Morgan fingerprint density at radius 2 is 1.68 bits per heavy atom. The van der Waals surface area contributed by atoms with Gasteiger partial charge in [-0.15, -0.1) is 0 Å². The van der Waals surface area contributed by atoms with E-state index in [4.69, 9.17) is 14.2 Å². The highest BCUT2D eigenvalue weighted by atomic mass is 79.9. The number of benzene rings is 2. The van der Waals surface area contributed by atoms with E-state index in [0.29, 0.717) is 17.1 Å². The van der Waals surface area contributed by atoms with Crippen LogP contribution < -0.4 is 14.8 Å². The van der Waals surface area contributed by atoms with Crippen LogP contribution in [0.4, 0.5) is 0 Å². The van der Waals surface area contributed by atoms with Gasteiger partial charge in [0.1, 0.15) is 0 Å². The van der Waals surface area contributed by atoms with Crippen LogP contribution in [0.2, 0.25) is 0 Å². The summed E-state index contributed by atoms with van der Waals surface area (Å²) >= 11 is 3.33. The lowest BCUT2D eigenvalue weighted by molar-refractivity contribution is -0.145. The van der Waals surface area contributed by atoms with Crippen LogP contribution in [-0.4, -0.2) is 32.7 Å². The van der Waals surface area contributed by atoms with Crippen molar-refractivity contribution >= 4 is 27.8 Å². The summed E-state index contributed by atoms with van der Waals surface area (Å²) in [5, 5.41) is 2.62. The molecule has 1 atom stereocenters. The van der Waals surface area contributed by atoms with E-state index in [-0.39, 0.29) is 6.61 Å². The normalized spacial score (nSPS) is 11.3. The average Bonchev–Trinajstić information content (AvgIpc) is 2.64.